The summed E-state index contributed by atoms with van der Waals surface area (Å²) in [6, 6.07) is 19.4. The predicted molar refractivity (Wildman–Crippen MR) is 115 cm³/mol. The van der Waals surface area contributed by atoms with Gasteiger partial charge in [0, 0.05) is 18.5 Å². The van der Waals surface area contributed by atoms with E-state index < -0.39 is 0 Å². The maximum atomic E-state index is 9.35. The number of hydrogen-bond acceptors (Lipinski definition) is 3. The summed E-state index contributed by atoms with van der Waals surface area (Å²) in [6.07, 6.45) is 2.83. The summed E-state index contributed by atoms with van der Waals surface area (Å²) in [6.45, 7) is 9.87. The van der Waals surface area contributed by atoms with E-state index >= 15 is 0 Å². The van der Waals surface area contributed by atoms with Gasteiger partial charge in [-0.2, -0.15) is 5.26 Å². The molecule has 1 heterocycles. The van der Waals surface area contributed by atoms with Gasteiger partial charge in [0.1, 0.15) is 5.75 Å². The van der Waals surface area contributed by atoms with Crippen molar-refractivity contribution in [2.24, 2.45) is 10.8 Å². The molecule has 2 aromatic carbocycles. The first-order valence-electron chi connectivity index (χ1n) is 10.2. The van der Waals surface area contributed by atoms with Crippen LogP contribution in [0.5, 0.6) is 5.75 Å². The number of piperidine rings is 1. The first kappa shape index (κ1) is 20.4. The van der Waals surface area contributed by atoms with Gasteiger partial charge in [0.2, 0.25) is 0 Å². The molecule has 0 amide bonds. The van der Waals surface area contributed by atoms with Crippen LogP contribution in [0.1, 0.15) is 45.6 Å². The monoisotopic (exact) mass is 376 g/mol. The molecule has 3 nitrogen and oxygen atoms in total. The highest BCUT2D eigenvalue weighted by atomic mass is 16.5. The third-order valence-electron chi connectivity index (χ3n) is 6.58. The van der Waals surface area contributed by atoms with E-state index in [9.17, 15) is 5.26 Å². The number of methoxy groups -OCH3 is 1. The van der Waals surface area contributed by atoms with Gasteiger partial charge in [-0.1, -0.05) is 63.2 Å². The molecule has 0 unspecified atom stereocenters. The highest BCUT2D eigenvalue weighted by Crippen LogP contribution is 2.49. The Balaban J connectivity index is 1.71. The summed E-state index contributed by atoms with van der Waals surface area (Å²) in [5.41, 5.74) is 3.88. The van der Waals surface area contributed by atoms with Gasteiger partial charge in [-0.05, 0) is 54.0 Å². The molecule has 0 atom stereocenters. The Hall–Kier alpha value is -2.31. The van der Waals surface area contributed by atoms with E-state index in [0.717, 1.165) is 43.8 Å². The lowest BCUT2D eigenvalue weighted by Crippen LogP contribution is -2.46. The van der Waals surface area contributed by atoms with Crippen LogP contribution in [0.3, 0.4) is 0 Å². The second-order valence-electron chi connectivity index (χ2n) is 9.04. The molecular weight excluding hydrogens is 344 g/mol. The molecule has 3 heteroatoms. The molecule has 28 heavy (non-hydrogen) atoms. The molecule has 0 saturated carbocycles. The van der Waals surface area contributed by atoms with Crippen LogP contribution in [0.15, 0.2) is 48.5 Å². The van der Waals surface area contributed by atoms with Gasteiger partial charge in [-0.25, -0.2) is 0 Å². The predicted octanol–water partition coefficient (Wildman–Crippen LogP) is 5.90. The highest BCUT2D eigenvalue weighted by molar-refractivity contribution is 5.70. The second-order valence-corrected chi connectivity index (χ2v) is 9.04. The minimum atomic E-state index is 0.132. The Morgan fingerprint density at radius 1 is 1.07 bits per heavy atom. The fraction of sp³-hybridized carbons (Fsp3) is 0.480. The zero-order valence-electron chi connectivity index (χ0n) is 17.7. The minimum absolute atomic E-state index is 0.132. The van der Waals surface area contributed by atoms with Crippen LogP contribution >= 0.6 is 0 Å². The molecule has 1 aliphatic heterocycles. The smallest absolute Gasteiger partial charge is 0.127 e. The topological polar surface area (TPSA) is 36.3 Å². The van der Waals surface area contributed by atoms with Gasteiger partial charge < -0.3 is 4.74 Å². The Morgan fingerprint density at radius 3 is 2.32 bits per heavy atom. The van der Waals surface area contributed by atoms with Gasteiger partial charge in [0.05, 0.1) is 13.2 Å². The van der Waals surface area contributed by atoms with Crippen LogP contribution in [0, 0.1) is 22.2 Å². The van der Waals surface area contributed by atoms with Crippen molar-refractivity contribution in [2.45, 2.75) is 46.6 Å². The van der Waals surface area contributed by atoms with E-state index in [1.165, 1.54) is 11.1 Å². The Morgan fingerprint density at radius 2 is 1.75 bits per heavy atom. The number of hydrogen-bond donors (Lipinski definition) is 0. The molecule has 0 bridgehead atoms. The summed E-state index contributed by atoms with van der Waals surface area (Å²) >= 11 is 0. The molecular formula is C25H32N2O. The van der Waals surface area contributed by atoms with Gasteiger partial charge in [0.25, 0.3) is 0 Å². The van der Waals surface area contributed by atoms with Crippen LogP contribution in [-0.2, 0) is 6.54 Å². The molecule has 0 N–H and O–H groups in total. The standard InChI is InChI=1S/C25H32N2O/c1-24(2,3)25(12-15-26)13-16-27(17-14-25)19-20-10-11-22(23(18-20)28-4)21-8-6-5-7-9-21/h5-11,18H,12-14,16-17,19H2,1-4H3. The fourth-order valence-electron chi connectivity index (χ4n) is 4.43. The van der Waals surface area contributed by atoms with Crippen LogP contribution in [0.4, 0.5) is 0 Å². The third kappa shape index (κ3) is 4.23. The van der Waals surface area contributed by atoms with Gasteiger partial charge >= 0.3 is 0 Å². The lowest BCUT2D eigenvalue weighted by molar-refractivity contribution is 0.00710. The molecule has 148 valence electrons. The van der Waals surface area contributed by atoms with Crippen molar-refractivity contribution in [1.82, 2.24) is 4.90 Å². The maximum absolute atomic E-state index is 9.35. The van der Waals surface area contributed by atoms with Crippen molar-refractivity contribution in [3.05, 3.63) is 54.1 Å². The van der Waals surface area contributed by atoms with Gasteiger partial charge in [-0.15, -0.1) is 0 Å². The number of benzene rings is 2. The molecule has 0 aliphatic carbocycles. The molecule has 0 aromatic heterocycles. The van der Waals surface area contributed by atoms with E-state index in [0.29, 0.717) is 6.42 Å². The summed E-state index contributed by atoms with van der Waals surface area (Å²) in [5, 5.41) is 9.35. The maximum Gasteiger partial charge on any atom is 0.127 e. The average Bonchev–Trinajstić information content (AvgIpc) is 2.69. The Kier molecular flexibility index (Phi) is 6.10. The molecule has 0 radical (unpaired) electrons. The summed E-state index contributed by atoms with van der Waals surface area (Å²) in [4.78, 5) is 2.51. The molecule has 1 fully saturated rings. The second kappa shape index (κ2) is 8.37. The first-order valence-corrected chi connectivity index (χ1v) is 10.2. The van der Waals surface area contributed by atoms with E-state index in [1.807, 2.05) is 6.07 Å². The van der Waals surface area contributed by atoms with Crippen molar-refractivity contribution in [3.8, 4) is 22.9 Å². The van der Waals surface area contributed by atoms with Gasteiger partial charge in [0.15, 0.2) is 0 Å². The zero-order valence-corrected chi connectivity index (χ0v) is 17.7. The minimum Gasteiger partial charge on any atom is -0.496 e. The summed E-state index contributed by atoms with van der Waals surface area (Å²) in [7, 11) is 1.74. The number of ether oxygens (including phenoxy) is 1. The van der Waals surface area contributed by atoms with Crippen molar-refractivity contribution in [3.63, 3.8) is 0 Å². The Labute approximate surface area is 169 Å². The zero-order chi connectivity index (χ0) is 20.2. The van der Waals surface area contributed by atoms with Crippen LogP contribution < -0.4 is 4.74 Å². The van der Waals surface area contributed by atoms with E-state index in [-0.39, 0.29) is 10.8 Å². The van der Waals surface area contributed by atoms with Crippen LogP contribution in [-0.4, -0.2) is 25.1 Å². The van der Waals surface area contributed by atoms with E-state index in [1.54, 1.807) is 7.11 Å². The molecule has 3 rings (SSSR count). The molecule has 2 aromatic rings. The summed E-state index contributed by atoms with van der Waals surface area (Å²) in [5.74, 6) is 0.925. The van der Waals surface area contributed by atoms with Crippen LogP contribution in [0.25, 0.3) is 11.1 Å². The first-order chi connectivity index (χ1) is 13.4. The number of nitriles is 1. The van der Waals surface area contributed by atoms with Crippen LogP contribution in [0.2, 0.25) is 0 Å². The molecule has 0 spiro atoms. The number of rotatable bonds is 5. The largest absolute Gasteiger partial charge is 0.496 e. The third-order valence-corrected chi connectivity index (χ3v) is 6.58. The summed E-state index contributed by atoms with van der Waals surface area (Å²) < 4.78 is 5.68. The molecule has 1 aliphatic rings. The fourth-order valence-corrected chi connectivity index (χ4v) is 4.43. The lowest BCUT2D eigenvalue weighted by Gasteiger charge is -2.49. The normalized spacial score (nSPS) is 17.1. The average molecular weight is 377 g/mol. The van der Waals surface area contributed by atoms with E-state index in [2.05, 4.69) is 74.2 Å². The number of likely N-dealkylation sites (tertiary alicyclic amines) is 1. The van der Waals surface area contributed by atoms with Crippen molar-refractivity contribution in [2.75, 3.05) is 20.2 Å². The SMILES string of the molecule is COc1cc(CN2CCC(CC#N)(C(C)(C)C)CC2)ccc1-c1ccccc1. The quantitative estimate of drug-likeness (QED) is 0.651. The van der Waals surface area contributed by atoms with E-state index in [4.69, 9.17) is 4.74 Å². The lowest BCUT2D eigenvalue weighted by atomic mass is 9.60. The van der Waals surface area contributed by atoms with Crippen molar-refractivity contribution < 1.29 is 4.74 Å². The Bertz CT molecular complexity index is 822. The number of nitrogens with zero attached hydrogens (tertiary/aromatic N) is 2. The highest BCUT2D eigenvalue weighted by Gasteiger charge is 2.43. The van der Waals surface area contributed by atoms with Crippen molar-refractivity contribution in [1.29, 1.82) is 5.26 Å². The van der Waals surface area contributed by atoms with Gasteiger partial charge in [-0.3, -0.25) is 4.90 Å². The molecule has 1 saturated heterocycles. The van der Waals surface area contributed by atoms with Crippen molar-refractivity contribution >= 4 is 0 Å².